The molecule has 1 N–H and O–H groups in total. The van der Waals surface area contributed by atoms with Crippen LogP contribution in [0.2, 0.25) is 0 Å². The van der Waals surface area contributed by atoms with E-state index in [1.165, 1.54) is 0 Å². The lowest BCUT2D eigenvalue weighted by Gasteiger charge is -2.33. The number of nitrogens with one attached hydrogen (secondary N) is 1. The molecule has 3 rings (SSSR count). The Kier molecular flexibility index (Phi) is 4.00. The van der Waals surface area contributed by atoms with E-state index in [1.54, 1.807) is 0 Å². The Morgan fingerprint density at radius 2 is 2.27 bits per heavy atom. The van der Waals surface area contributed by atoms with Gasteiger partial charge in [-0.05, 0) is 44.7 Å². The van der Waals surface area contributed by atoms with Gasteiger partial charge in [-0.25, -0.2) is 4.98 Å². The largest absolute Gasteiger partial charge is 0.456 e. The molecule has 6 heteroatoms. The first-order valence-corrected chi connectivity index (χ1v) is 7.89. The van der Waals surface area contributed by atoms with Crippen LogP contribution >= 0.6 is 0 Å². The number of furan rings is 1. The van der Waals surface area contributed by atoms with Gasteiger partial charge < -0.3 is 9.32 Å². The van der Waals surface area contributed by atoms with Crippen LogP contribution in [0.1, 0.15) is 65.8 Å². The first-order chi connectivity index (χ1) is 10.6. The first kappa shape index (κ1) is 14.8. The second-order valence-corrected chi connectivity index (χ2v) is 5.86. The number of aryl methyl sites for hydroxylation is 3. The number of carbonyl (C=O) groups is 1. The summed E-state index contributed by atoms with van der Waals surface area (Å²) in [4.78, 5) is 19.1. The van der Waals surface area contributed by atoms with Crippen molar-refractivity contribution in [1.82, 2.24) is 20.1 Å². The van der Waals surface area contributed by atoms with Gasteiger partial charge in [0, 0.05) is 13.0 Å². The fourth-order valence-corrected chi connectivity index (χ4v) is 3.07. The summed E-state index contributed by atoms with van der Waals surface area (Å²) in [5.41, 5.74) is 1.04. The van der Waals surface area contributed by atoms with Crippen LogP contribution in [-0.2, 0) is 6.42 Å². The van der Waals surface area contributed by atoms with Crippen LogP contribution in [-0.4, -0.2) is 32.5 Å². The summed E-state index contributed by atoms with van der Waals surface area (Å²) in [5, 5.41) is 7.11. The Morgan fingerprint density at radius 3 is 2.91 bits per heavy atom. The Balaban J connectivity index is 1.87. The second kappa shape index (κ2) is 5.94. The van der Waals surface area contributed by atoms with E-state index < -0.39 is 0 Å². The quantitative estimate of drug-likeness (QED) is 0.946. The maximum Gasteiger partial charge on any atom is 0.290 e. The first-order valence-electron chi connectivity index (χ1n) is 7.89. The van der Waals surface area contributed by atoms with Crippen LogP contribution in [0.15, 0.2) is 10.5 Å². The molecule has 3 heterocycles. The molecule has 2 aromatic rings. The van der Waals surface area contributed by atoms with Crippen LogP contribution in [0, 0.1) is 13.8 Å². The average molecular weight is 302 g/mol. The van der Waals surface area contributed by atoms with Crippen molar-refractivity contribution in [2.45, 2.75) is 52.5 Å². The van der Waals surface area contributed by atoms with Gasteiger partial charge in [0.25, 0.3) is 5.91 Å². The molecule has 0 aliphatic carbocycles. The summed E-state index contributed by atoms with van der Waals surface area (Å²) in [6.45, 7) is 6.60. The number of aromatic amines is 1. The van der Waals surface area contributed by atoms with E-state index >= 15 is 0 Å². The van der Waals surface area contributed by atoms with Crippen LogP contribution in [0.25, 0.3) is 0 Å². The summed E-state index contributed by atoms with van der Waals surface area (Å²) >= 11 is 0. The van der Waals surface area contributed by atoms with Crippen molar-refractivity contribution in [2.75, 3.05) is 6.54 Å². The predicted molar refractivity (Wildman–Crippen MR) is 81.6 cm³/mol. The summed E-state index contributed by atoms with van der Waals surface area (Å²) in [6, 6.07) is 1.78. The molecule has 0 bridgehead atoms. The molecular formula is C16H22N4O2. The fraction of sp³-hybridized carbons (Fsp3) is 0.562. The van der Waals surface area contributed by atoms with Crippen LogP contribution in [0.4, 0.5) is 0 Å². The van der Waals surface area contributed by atoms with Gasteiger partial charge in [-0.3, -0.25) is 9.89 Å². The molecule has 0 unspecified atom stereocenters. The van der Waals surface area contributed by atoms with Crippen LogP contribution < -0.4 is 0 Å². The van der Waals surface area contributed by atoms with Crippen molar-refractivity contribution in [1.29, 1.82) is 0 Å². The van der Waals surface area contributed by atoms with Crippen molar-refractivity contribution in [3.63, 3.8) is 0 Å². The Hall–Kier alpha value is -2.11. The minimum absolute atomic E-state index is 0.0602. The zero-order chi connectivity index (χ0) is 15.7. The molecule has 0 aromatic carbocycles. The number of H-pyrrole nitrogens is 1. The number of piperidine rings is 1. The SMILES string of the molecule is CCc1oc(C(=O)N2CCCC[C@@H]2c2n[nH]c(C)n2)cc1C. The summed E-state index contributed by atoms with van der Waals surface area (Å²) in [6.07, 6.45) is 3.78. The van der Waals surface area contributed by atoms with Crippen molar-refractivity contribution >= 4 is 5.91 Å². The van der Waals surface area contributed by atoms with Crippen molar-refractivity contribution in [2.24, 2.45) is 0 Å². The maximum atomic E-state index is 12.8. The van der Waals surface area contributed by atoms with Gasteiger partial charge >= 0.3 is 0 Å². The molecule has 0 radical (unpaired) electrons. The summed E-state index contributed by atoms with van der Waals surface area (Å²) in [7, 11) is 0. The van der Waals surface area contributed by atoms with Crippen LogP contribution in [0.3, 0.4) is 0 Å². The second-order valence-electron chi connectivity index (χ2n) is 5.86. The van der Waals surface area contributed by atoms with E-state index in [9.17, 15) is 4.79 Å². The van der Waals surface area contributed by atoms with Gasteiger partial charge in [-0.15, -0.1) is 0 Å². The number of likely N-dealkylation sites (tertiary alicyclic amines) is 1. The molecule has 22 heavy (non-hydrogen) atoms. The van der Waals surface area contributed by atoms with Gasteiger partial charge in [-0.2, -0.15) is 5.10 Å². The molecular weight excluding hydrogens is 280 g/mol. The van der Waals surface area contributed by atoms with E-state index in [0.717, 1.165) is 49.4 Å². The number of amides is 1. The topological polar surface area (TPSA) is 75.0 Å². The lowest BCUT2D eigenvalue weighted by molar-refractivity contribution is 0.0566. The van der Waals surface area contributed by atoms with Crippen LogP contribution in [0.5, 0.6) is 0 Å². The standard InChI is InChI=1S/C16H22N4O2/c1-4-13-10(2)9-14(22-13)16(21)20-8-6-5-7-12(20)15-17-11(3)18-19-15/h9,12H,4-8H2,1-3H3,(H,17,18,19)/t12-/m1/s1. The number of hydrogen-bond acceptors (Lipinski definition) is 4. The highest BCUT2D eigenvalue weighted by Gasteiger charge is 2.32. The number of hydrogen-bond donors (Lipinski definition) is 1. The monoisotopic (exact) mass is 302 g/mol. The fourth-order valence-electron chi connectivity index (χ4n) is 3.07. The lowest BCUT2D eigenvalue weighted by atomic mass is 10.0. The Morgan fingerprint density at radius 1 is 1.45 bits per heavy atom. The number of aromatic nitrogens is 3. The van der Waals surface area contributed by atoms with E-state index in [1.807, 2.05) is 31.7 Å². The Labute approximate surface area is 129 Å². The number of carbonyl (C=O) groups excluding carboxylic acids is 1. The van der Waals surface area contributed by atoms with Gasteiger partial charge in [0.15, 0.2) is 11.6 Å². The van der Waals surface area contributed by atoms with E-state index in [-0.39, 0.29) is 11.9 Å². The van der Waals surface area contributed by atoms with Crippen molar-refractivity contribution in [3.05, 3.63) is 34.8 Å². The summed E-state index contributed by atoms with van der Waals surface area (Å²) < 4.78 is 5.73. The van der Waals surface area contributed by atoms with E-state index in [4.69, 9.17) is 4.42 Å². The van der Waals surface area contributed by atoms with Gasteiger partial charge in [0.2, 0.25) is 0 Å². The molecule has 6 nitrogen and oxygen atoms in total. The lowest BCUT2D eigenvalue weighted by Crippen LogP contribution is -2.38. The maximum absolute atomic E-state index is 12.8. The van der Waals surface area contributed by atoms with Crippen molar-refractivity contribution in [3.8, 4) is 0 Å². The molecule has 1 atom stereocenters. The third-order valence-electron chi connectivity index (χ3n) is 4.23. The normalized spacial score (nSPS) is 18.7. The highest BCUT2D eigenvalue weighted by molar-refractivity contribution is 5.92. The zero-order valence-corrected chi connectivity index (χ0v) is 13.3. The molecule has 1 aliphatic heterocycles. The summed E-state index contributed by atoms with van der Waals surface area (Å²) in [5.74, 6) is 2.72. The third kappa shape index (κ3) is 2.65. The van der Waals surface area contributed by atoms with Gasteiger partial charge in [-0.1, -0.05) is 6.92 Å². The highest BCUT2D eigenvalue weighted by atomic mass is 16.4. The average Bonchev–Trinajstić information content (AvgIpc) is 3.12. The minimum atomic E-state index is -0.0679. The third-order valence-corrected chi connectivity index (χ3v) is 4.23. The molecule has 0 saturated carbocycles. The molecule has 118 valence electrons. The Bertz CT molecular complexity index is 673. The highest BCUT2D eigenvalue weighted by Crippen LogP contribution is 2.31. The smallest absolute Gasteiger partial charge is 0.290 e. The number of rotatable bonds is 3. The zero-order valence-electron chi connectivity index (χ0n) is 13.3. The predicted octanol–water partition coefficient (Wildman–Crippen LogP) is 2.94. The van der Waals surface area contributed by atoms with E-state index in [0.29, 0.717) is 11.6 Å². The minimum Gasteiger partial charge on any atom is -0.456 e. The molecule has 1 amide bonds. The molecule has 1 fully saturated rings. The molecule has 2 aromatic heterocycles. The molecule has 0 spiro atoms. The van der Waals surface area contributed by atoms with Crippen molar-refractivity contribution < 1.29 is 9.21 Å². The molecule has 1 saturated heterocycles. The van der Waals surface area contributed by atoms with E-state index in [2.05, 4.69) is 15.2 Å². The number of nitrogens with zero attached hydrogens (tertiary/aromatic N) is 3. The van der Waals surface area contributed by atoms with Gasteiger partial charge in [0.05, 0.1) is 6.04 Å². The molecule has 1 aliphatic rings. The van der Waals surface area contributed by atoms with Gasteiger partial charge in [0.1, 0.15) is 11.6 Å².